The van der Waals surface area contributed by atoms with Crippen molar-refractivity contribution in [3.05, 3.63) is 63.3 Å². The number of rotatable bonds is 7. The van der Waals surface area contributed by atoms with Crippen molar-refractivity contribution in [2.45, 2.75) is 44.7 Å². The summed E-state index contributed by atoms with van der Waals surface area (Å²) in [4.78, 5) is 46.1. The van der Waals surface area contributed by atoms with E-state index in [0.717, 1.165) is 31.7 Å². The van der Waals surface area contributed by atoms with Crippen molar-refractivity contribution in [3.8, 4) is 0 Å². The quantitative estimate of drug-likeness (QED) is 0.404. The van der Waals surface area contributed by atoms with Crippen molar-refractivity contribution < 1.29 is 19.1 Å². The molecule has 0 spiro atoms. The molecule has 3 aromatic rings. The number of nitrogens with one attached hydrogen (secondary N) is 3. The van der Waals surface area contributed by atoms with E-state index in [1.807, 2.05) is 7.05 Å². The third kappa shape index (κ3) is 5.32. The summed E-state index contributed by atoms with van der Waals surface area (Å²) in [6, 6.07) is 7.17. The fourth-order valence-corrected chi connectivity index (χ4v) is 4.59. The van der Waals surface area contributed by atoms with Gasteiger partial charge in [-0.05, 0) is 49.7 Å². The second-order valence-electron chi connectivity index (χ2n) is 8.85. The highest BCUT2D eigenvalue weighted by Crippen LogP contribution is 2.26. The molecule has 1 amide bonds. The monoisotopic (exact) mass is 481 g/mol. The first-order valence-corrected chi connectivity index (χ1v) is 11.6. The van der Waals surface area contributed by atoms with E-state index in [4.69, 9.17) is 0 Å². The van der Waals surface area contributed by atoms with Crippen LogP contribution in [0.5, 0.6) is 0 Å². The average molecular weight is 482 g/mol. The third-order valence-electron chi connectivity index (χ3n) is 6.47. The van der Waals surface area contributed by atoms with Crippen LogP contribution in [0.1, 0.15) is 58.5 Å². The molecule has 184 valence electrons. The number of carbonyl (C=O) groups is 2. The number of aromatic amines is 1. The number of amides is 1. The number of hydrogen-bond donors (Lipinski definition) is 4. The number of anilines is 2. The van der Waals surface area contributed by atoms with E-state index in [-0.39, 0.29) is 16.6 Å². The van der Waals surface area contributed by atoms with E-state index in [2.05, 4.69) is 25.5 Å². The van der Waals surface area contributed by atoms with Gasteiger partial charge in [0.15, 0.2) is 5.69 Å². The van der Waals surface area contributed by atoms with Crippen LogP contribution in [0.25, 0.3) is 11.0 Å². The first-order valence-electron chi connectivity index (χ1n) is 11.6. The topological polar surface area (TPSA) is 127 Å². The second kappa shape index (κ2) is 10.2. The summed E-state index contributed by atoms with van der Waals surface area (Å²) in [5, 5.41) is 14.9. The van der Waals surface area contributed by atoms with E-state index in [1.54, 1.807) is 7.05 Å². The van der Waals surface area contributed by atoms with Crippen molar-refractivity contribution >= 4 is 34.3 Å². The zero-order chi connectivity index (χ0) is 25.1. The molecule has 0 aliphatic heterocycles. The number of nitrogens with zero attached hydrogens (tertiary/aromatic N) is 2. The van der Waals surface area contributed by atoms with Gasteiger partial charge in [0.1, 0.15) is 5.82 Å². The van der Waals surface area contributed by atoms with E-state index in [1.165, 1.54) is 30.7 Å². The summed E-state index contributed by atoms with van der Waals surface area (Å²) < 4.78 is 14.0. The number of aromatic nitrogens is 2. The van der Waals surface area contributed by atoms with E-state index < -0.39 is 28.9 Å². The van der Waals surface area contributed by atoms with Crippen LogP contribution in [0.3, 0.4) is 0 Å². The summed E-state index contributed by atoms with van der Waals surface area (Å²) in [5.41, 5.74) is 0.723. The molecule has 0 saturated heterocycles. The largest absolute Gasteiger partial charge is 0.478 e. The van der Waals surface area contributed by atoms with Gasteiger partial charge in [0.05, 0.1) is 22.3 Å². The molecular formula is C25H28FN5O4. The van der Waals surface area contributed by atoms with Gasteiger partial charge in [-0.2, -0.15) is 0 Å². The van der Waals surface area contributed by atoms with Crippen LogP contribution in [0.4, 0.5) is 15.8 Å². The molecule has 0 atom stereocenters. The highest BCUT2D eigenvalue weighted by Gasteiger charge is 2.22. The lowest BCUT2D eigenvalue weighted by Crippen LogP contribution is -2.33. The summed E-state index contributed by atoms with van der Waals surface area (Å²) >= 11 is 0. The molecule has 4 rings (SSSR count). The molecule has 1 aromatic heterocycles. The molecule has 0 unspecified atom stereocenters. The summed E-state index contributed by atoms with van der Waals surface area (Å²) in [6.07, 6.45) is 5.66. The Hall–Kier alpha value is -3.79. The summed E-state index contributed by atoms with van der Waals surface area (Å²) in [6.45, 7) is 0.430. The molecule has 0 bridgehead atoms. The number of benzene rings is 2. The highest BCUT2D eigenvalue weighted by molar-refractivity contribution is 6.04. The number of hydrogen-bond acceptors (Lipinski definition) is 6. The van der Waals surface area contributed by atoms with Gasteiger partial charge in [0, 0.05) is 31.4 Å². The summed E-state index contributed by atoms with van der Waals surface area (Å²) in [7, 11) is 3.57. The van der Waals surface area contributed by atoms with Crippen LogP contribution in [-0.4, -0.2) is 52.0 Å². The molecule has 1 aliphatic carbocycles. The van der Waals surface area contributed by atoms with Crippen LogP contribution in [0.15, 0.2) is 35.1 Å². The molecule has 1 fully saturated rings. The molecular weight excluding hydrogens is 453 g/mol. The minimum atomic E-state index is -1.07. The zero-order valence-electron chi connectivity index (χ0n) is 19.7. The highest BCUT2D eigenvalue weighted by atomic mass is 19.1. The van der Waals surface area contributed by atoms with Gasteiger partial charge >= 0.3 is 5.97 Å². The molecule has 1 saturated carbocycles. The Labute approximate surface area is 201 Å². The number of fused-ring (bicyclic) bond motifs is 1. The van der Waals surface area contributed by atoms with Crippen molar-refractivity contribution in [2.75, 3.05) is 24.7 Å². The van der Waals surface area contributed by atoms with E-state index in [9.17, 15) is 23.9 Å². The van der Waals surface area contributed by atoms with Crippen LogP contribution < -0.4 is 16.2 Å². The minimum Gasteiger partial charge on any atom is -0.478 e. The number of H-pyrrole nitrogens is 1. The molecule has 0 radical (unpaired) electrons. The Morgan fingerprint density at radius 2 is 1.91 bits per heavy atom. The average Bonchev–Trinajstić information content (AvgIpc) is 2.84. The Morgan fingerprint density at radius 3 is 2.60 bits per heavy atom. The standard InChI is InChI=1S/C25H28FN5O4/c1-27-19-11-16(26)12-20-21(19)30-24(33)22(28-20)23(32)29-18-9-8-14(25(34)35)10-15(18)13-31(2)17-6-4-3-5-7-17/h8-12,17,27H,3-7,13H2,1-2H3,(H,29,32)(H,30,33)(H,34,35). The van der Waals surface area contributed by atoms with E-state index >= 15 is 0 Å². The maximum atomic E-state index is 14.0. The first-order chi connectivity index (χ1) is 16.8. The van der Waals surface area contributed by atoms with Gasteiger partial charge in [-0.15, -0.1) is 0 Å². The lowest BCUT2D eigenvalue weighted by atomic mass is 9.94. The molecule has 10 heteroatoms. The lowest BCUT2D eigenvalue weighted by Gasteiger charge is -2.31. The number of halogens is 1. The Kier molecular flexibility index (Phi) is 7.11. The SMILES string of the molecule is CNc1cc(F)cc2nc(C(=O)Nc3ccc(C(=O)O)cc3CN(C)C3CCCCC3)c(=O)[nH]c12. The molecule has 1 aliphatic rings. The van der Waals surface area contributed by atoms with Gasteiger partial charge in [-0.1, -0.05) is 19.3 Å². The van der Waals surface area contributed by atoms with Crippen LogP contribution >= 0.6 is 0 Å². The predicted octanol–water partition coefficient (Wildman–Crippen LogP) is 3.82. The number of aromatic carboxylic acids is 1. The normalized spacial score (nSPS) is 14.3. The lowest BCUT2D eigenvalue weighted by molar-refractivity contribution is 0.0696. The van der Waals surface area contributed by atoms with Gasteiger partial charge in [0.2, 0.25) is 0 Å². The zero-order valence-corrected chi connectivity index (χ0v) is 19.7. The molecule has 9 nitrogen and oxygen atoms in total. The van der Waals surface area contributed by atoms with Crippen LogP contribution in [0.2, 0.25) is 0 Å². The van der Waals surface area contributed by atoms with Crippen LogP contribution in [0, 0.1) is 5.82 Å². The fraction of sp³-hybridized carbons (Fsp3) is 0.360. The van der Waals surface area contributed by atoms with Gasteiger partial charge in [-0.3, -0.25) is 14.5 Å². The fourth-order valence-electron chi connectivity index (χ4n) is 4.59. The third-order valence-corrected chi connectivity index (χ3v) is 6.47. The second-order valence-corrected chi connectivity index (χ2v) is 8.85. The van der Waals surface area contributed by atoms with E-state index in [0.29, 0.717) is 29.5 Å². The number of carbonyl (C=O) groups excluding carboxylic acids is 1. The smallest absolute Gasteiger partial charge is 0.335 e. The van der Waals surface area contributed by atoms with Gasteiger partial charge < -0.3 is 20.7 Å². The maximum absolute atomic E-state index is 14.0. The minimum absolute atomic E-state index is 0.104. The predicted molar refractivity (Wildman–Crippen MR) is 132 cm³/mol. The van der Waals surface area contributed by atoms with Gasteiger partial charge in [0.25, 0.3) is 11.5 Å². The Balaban J connectivity index is 1.65. The number of carboxylic acid groups (broad SMARTS) is 1. The molecule has 35 heavy (non-hydrogen) atoms. The molecule has 4 N–H and O–H groups in total. The van der Waals surface area contributed by atoms with Crippen molar-refractivity contribution in [1.29, 1.82) is 0 Å². The van der Waals surface area contributed by atoms with Crippen molar-refractivity contribution in [3.63, 3.8) is 0 Å². The molecule has 1 heterocycles. The van der Waals surface area contributed by atoms with Gasteiger partial charge in [-0.25, -0.2) is 14.2 Å². The van der Waals surface area contributed by atoms with Crippen molar-refractivity contribution in [2.24, 2.45) is 0 Å². The first kappa shape index (κ1) is 24.3. The Morgan fingerprint density at radius 1 is 1.17 bits per heavy atom. The Bertz CT molecular complexity index is 1330. The summed E-state index contributed by atoms with van der Waals surface area (Å²) in [5.74, 6) is -2.41. The van der Waals surface area contributed by atoms with Crippen molar-refractivity contribution in [1.82, 2.24) is 14.9 Å². The maximum Gasteiger partial charge on any atom is 0.335 e. The van der Waals surface area contributed by atoms with Crippen LogP contribution in [-0.2, 0) is 6.54 Å². The molecule has 2 aromatic carbocycles. The number of carboxylic acids is 1.